The summed E-state index contributed by atoms with van der Waals surface area (Å²) in [6, 6.07) is 14.7. The van der Waals surface area contributed by atoms with Gasteiger partial charge in [-0.3, -0.25) is 9.69 Å². The third kappa shape index (κ3) is 5.74. The van der Waals surface area contributed by atoms with Crippen molar-refractivity contribution < 1.29 is 14.3 Å². The van der Waals surface area contributed by atoms with Gasteiger partial charge in [0.25, 0.3) is 0 Å². The highest BCUT2D eigenvalue weighted by atomic mass is 16.5. The summed E-state index contributed by atoms with van der Waals surface area (Å²) in [5.41, 5.74) is 6.09. The molecule has 2 bridgehead atoms. The first kappa shape index (κ1) is 29.6. The van der Waals surface area contributed by atoms with E-state index in [0.717, 1.165) is 103 Å². The van der Waals surface area contributed by atoms with Crippen LogP contribution in [0.5, 0.6) is 11.5 Å². The monoisotopic (exact) mass is 632 g/mol. The highest BCUT2D eigenvalue weighted by molar-refractivity contribution is 5.87. The molecule has 2 atom stereocenters. The number of carbonyl (C=O) groups is 1. The van der Waals surface area contributed by atoms with Crippen molar-refractivity contribution in [1.29, 1.82) is 0 Å². The fourth-order valence-electron chi connectivity index (χ4n) is 7.38. The molecule has 3 aliphatic rings. The van der Waals surface area contributed by atoms with Crippen LogP contribution in [0.4, 0.5) is 11.5 Å². The van der Waals surface area contributed by atoms with E-state index in [-0.39, 0.29) is 5.91 Å². The highest BCUT2D eigenvalue weighted by Crippen LogP contribution is 2.36. The van der Waals surface area contributed by atoms with Gasteiger partial charge in [0, 0.05) is 63.3 Å². The van der Waals surface area contributed by atoms with Gasteiger partial charge in [-0.15, -0.1) is 0 Å². The Labute approximate surface area is 273 Å². The third-order valence-electron chi connectivity index (χ3n) is 10.1. The molecule has 47 heavy (non-hydrogen) atoms. The molecule has 2 aromatic carbocycles. The van der Waals surface area contributed by atoms with Crippen LogP contribution in [0, 0.1) is 13.8 Å². The maximum Gasteiger partial charge on any atom is 0.246 e. The minimum atomic E-state index is 0.103. The van der Waals surface area contributed by atoms with Crippen LogP contribution in [0.15, 0.2) is 67.1 Å². The van der Waals surface area contributed by atoms with Gasteiger partial charge in [-0.25, -0.2) is 14.5 Å². The molecule has 6 heterocycles. The number of imidazole rings is 1. The number of benzene rings is 2. The molecule has 3 aromatic heterocycles. The first-order valence-corrected chi connectivity index (χ1v) is 16.5. The SMILES string of the molecule is Cc1cc(Nc2ncnn3ccc(C4CCN(C(=O)/C=C/CN5CC6CC5CO6)CC4)c23)ccc1Oc1ccc2c(c1)nc(C)n2C. The number of likely N-dealkylation sites (tertiary alicyclic amines) is 2. The van der Waals surface area contributed by atoms with Crippen molar-refractivity contribution in [1.82, 2.24) is 33.9 Å². The van der Waals surface area contributed by atoms with E-state index in [1.807, 2.05) is 72.9 Å². The number of anilines is 2. The van der Waals surface area contributed by atoms with Gasteiger partial charge in [-0.1, -0.05) is 6.08 Å². The molecule has 11 heteroatoms. The van der Waals surface area contributed by atoms with Crippen molar-refractivity contribution in [3.8, 4) is 11.5 Å². The van der Waals surface area contributed by atoms with Crippen LogP contribution in [0.3, 0.4) is 0 Å². The van der Waals surface area contributed by atoms with Crippen LogP contribution in [0.2, 0.25) is 0 Å². The van der Waals surface area contributed by atoms with Crippen LogP contribution in [-0.4, -0.2) is 84.8 Å². The summed E-state index contributed by atoms with van der Waals surface area (Å²) >= 11 is 0. The minimum Gasteiger partial charge on any atom is -0.457 e. The van der Waals surface area contributed by atoms with E-state index >= 15 is 0 Å². The normalized spacial score (nSPS) is 20.3. The van der Waals surface area contributed by atoms with Gasteiger partial charge >= 0.3 is 0 Å². The molecule has 0 saturated carbocycles. The molecular formula is C36H40N8O3. The zero-order chi connectivity index (χ0) is 32.1. The molecule has 5 aromatic rings. The van der Waals surface area contributed by atoms with Gasteiger partial charge in [0.2, 0.25) is 5.91 Å². The van der Waals surface area contributed by atoms with Crippen LogP contribution < -0.4 is 10.1 Å². The van der Waals surface area contributed by atoms with Crippen LogP contribution >= 0.6 is 0 Å². The number of morpholine rings is 1. The summed E-state index contributed by atoms with van der Waals surface area (Å²) in [6.07, 6.45) is 10.7. The summed E-state index contributed by atoms with van der Waals surface area (Å²) in [6.45, 7) is 8.12. The zero-order valence-electron chi connectivity index (χ0n) is 27.1. The van der Waals surface area contributed by atoms with Crippen molar-refractivity contribution in [3.05, 3.63) is 84.1 Å². The lowest BCUT2D eigenvalue weighted by Crippen LogP contribution is -2.38. The molecule has 3 saturated heterocycles. The molecular weight excluding hydrogens is 592 g/mol. The molecule has 1 amide bonds. The lowest BCUT2D eigenvalue weighted by Gasteiger charge is -2.31. The standard InChI is InChI=1S/C36H40N8O3/c1-23-17-26(6-9-33(23)47-28-7-8-32-31(19-28)39-24(2)41(32)3)40-36-35-30(12-16-44(35)38-22-37-36)25-10-14-42(15-11-25)34(45)5-4-13-43-20-29-18-27(43)21-46-29/h4-9,12,16-17,19,22,25,27,29H,10-11,13-15,18,20-21H2,1-3H3,(H,37,38,40)/b5-4+. The maximum atomic E-state index is 13.0. The smallest absolute Gasteiger partial charge is 0.246 e. The van der Waals surface area contributed by atoms with Gasteiger partial charge < -0.3 is 24.3 Å². The lowest BCUT2D eigenvalue weighted by atomic mass is 9.90. The summed E-state index contributed by atoms with van der Waals surface area (Å²) in [7, 11) is 2.02. The summed E-state index contributed by atoms with van der Waals surface area (Å²) in [4.78, 5) is 26.6. The fraction of sp³-hybridized carbons (Fsp3) is 0.389. The molecule has 0 aliphatic carbocycles. The Morgan fingerprint density at radius 3 is 2.79 bits per heavy atom. The molecule has 1 N–H and O–H groups in total. The summed E-state index contributed by atoms with van der Waals surface area (Å²) in [5, 5.41) is 8.02. The quantitative estimate of drug-likeness (QED) is 0.224. The Morgan fingerprint density at radius 1 is 1.13 bits per heavy atom. The topological polar surface area (TPSA) is 102 Å². The number of rotatable bonds is 8. The predicted octanol–water partition coefficient (Wildman–Crippen LogP) is 5.50. The number of ether oxygens (including phenoxy) is 2. The van der Waals surface area contributed by atoms with E-state index in [1.165, 1.54) is 5.56 Å². The van der Waals surface area contributed by atoms with E-state index in [2.05, 4.69) is 42.0 Å². The number of fused-ring (bicyclic) bond motifs is 4. The Hall–Kier alpha value is -4.74. The molecule has 242 valence electrons. The number of nitrogens with zero attached hydrogens (tertiary/aromatic N) is 7. The van der Waals surface area contributed by atoms with E-state index in [0.29, 0.717) is 18.1 Å². The van der Waals surface area contributed by atoms with Gasteiger partial charge in [0.05, 0.1) is 23.7 Å². The van der Waals surface area contributed by atoms with Crippen molar-refractivity contribution in [2.45, 2.75) is 51.2 Å². The minimum absolute atomic E-state index is 0.103. The second kappa shape index (κ2) is 12.1. The average Bonchev–Trinajstić information content (AvgIpc) is 3.87. The number of amides is 1. The van der Waals surface area contributed by atoms with Gasteiger partial charge in [0.1, 0.15) is 29.2 Å². The van der Waals surface area contributed by atoms with Gasteiger partial charge in [-0.2, -0.15) is 5.10 Å². The maximum absolute atomic E-state index is 13.0. The number of aromatic nitrogens is 5. The van der Waals surface area contributed by atoms with E-state index < -0.39 is 0 Å². The first-order valence-electron chi connectivity index (χ1n) is 16.5. The molecule has 0 radical (unpaired) electrons. The number of carbonyl (C=O) groups excluding carboxylic acids is 1. The number of hydrogen-bond acceptors (Lipinski definition) is 8. The predicted molar refractivity (Wildman–Crippen MR) is 180 cm³/mol. The van der Waals surface area contributed by atoms with Crippen molar-refractivity contribution in [3.63, 3.8) is 0 Å². The largest absolute Gasteiger partial charge is 0.457 e. The Balaban J connectivity index is 0.924. The Morgan fingerprint density at radius 2 is 2.00 bits per heavy atom. The van der Waals surface area contributed by atoms with Gasteiger partial charge in [-0.05, 0) is 86.6 Å². The fourth-order valence-corrected chi connectivity index (χ4v) is 7.38. The summed E-state index contributed by atoms with van der Waals surface area (Å²) < 4.78 is 15.9. The molecule has 3 aliphatic heterocycles. The van der Waals surface area contributed by atoms with Crippen molar-refractivity contribution in [2.75, 3.05) is 38.1 Å². The lowest BCUT2D eigenvalue weighted by molar-refractivity contribution is -0.127. The van der Waals surface area contributed by atoms with Gasteiger partial charge in [0.15, 0.2) is 5.82 Å². The Kier molecular flexibility index (Phi) is 7.65. The second-order valence-corrected chi connectivity index (χ2v) is 13.0. The number of nitrogens with one attached hydrogen (secondary N) is 1. The summed E-state index contributed by atoms with van der Waals surface area (Å²) in [5.74, 6) is 3.68. The van der Waals surface area contributed by atoms with E-state index in [4.69, 9.17) is 9.47 Å². The number of aryl methyl sites for hydroxylation is 3. The Bertz CT molecular complexity index is 1990. The van der Waals surface area contributed by atoms with Crippen molar-refractivity contribution in [2.24, 2.45) is 7.05 Å². The van der Waals surface area contributed by atoms with Crippen molar-refractivity contribution >= 4 is 34.0 Å². The van der Waals surface area contributed by atoms with Crippen LogP contribution in [-0.2, 0) is 16.6 Å². The second-order valence-electron chi connectivity index (χ2n) is 13.0. The highest BCUT2D eigenvalue weighted by Gasteiger charge is 2.38. The van der Waals surface area contributed by atoms with Crippen LogP contribution in [0.1, 0.15) is 42.1 Å². The molecule has 11 nitrogen and oxygen atoms in total. The molecule has 2 unspecified atom stereocenters. The van der Waals surface area contributed by atoms with E-state index in [9.17, 15) is 4.79 Å². The average molecular weight is 633 g/mol. The molecule has 0 spiro atoms. The van der Waals surface area contributed by atoms with E-state index in [1.54, 1.807) is 12.4 Å². The number of piperidine rings is 1. The number of hydrogen-bond donors (Lipinski definition) is 1. The molecule has 3 fully saturated rings. The third-order valence-corrected chi connectivity index (χ3v) is 10.1. The zero-order valence-corrected chi connectivity index (χ0v) is 27.1. The molecule has 8 rings (SSSR count). The van der Waals surface area contributed by atoms with Crippen LogP contribution in [0.25, 0.3) is 16.6 Å². The first-order chi connectivity index (χ1) is 22.9.